The zero-order chi connectivity index (χ0) is 21.7. The van der Waals surface area contributed by atoms with Crippen molar-refractivity contribution in [2.24, 2.45) is 0 Å². The first kappa shape index (κ1) is 21.6. The molecule has 2 aromatic carbocycles. The third-order valence-corrected chi connectivity index (χ3v) is 5.07. The van der Waals surface area contributed by atoms with Gasteiger partial charge in [-0.3, -0.25) is 14.9 Å². The van der Waals surface area contributed by atoms with Crippen molar-refractivity contribution >= 4 is 52.2 Å². The van der Waals surface area contributed by atoms with Crippen LogP contribution in [-0.4, -0.2) is 37.1 Å². The van der Waals surface area contributed by atoms with Crippen molar-refractivity contribution in [1.82, 2.24) is 0 Å². The van der Waals surface area contributed by atoms with Gasteiger partial charge >= 0.3 is 0 Å². The Bertz CT molecular complexity index is 1040. The summed E-state index contributed by atoms with van der Waals surface area (Å²) in [5.41, 5.74) is 0.828. The molecule has 2 aromatic rings. The van der Waals surface area contributed by atoms with E-state index in [0.717, 1.165) is 0 Å². The van der Waals surface area contributed by atoms with Gasteiger partial charge < -0.3 is 15.0 Å². The fraction of sp³-hybridized carbons (Fsp3) is 0.200. The normalized spacial score (nSPS) is 14.2. The van der Waals surface area contributed by atoms with E-state index in [-0.39, 0.29) is 27.0 Å². The number of carbonyl (C=O) groups excluding carboxylic acids is 1. The van der Waals surface area contributed by atoms with Crippen LogP contribution in [0.4, 0.5) is 17.1 Å². The molecule has 0 aliphatic carbocycles. The van der Waals surface area contributed by atoms with Gasteiger partial charge in [-0.25, -0.2) is 0 Å². The molecule has 0 atom stereocenters. The van der Waals surface area contributed by atoms with E-state index >= 15 is 0 Å². The summed E-state index contributed by atoms with van der Waals surface area (Å²) in [4.78, 5) is 25.3. The zero-order valence-corrected chi connectivity index (χ0v) is 17.1. The molecule has 1 N–H and O–H groups in total. The summed E-state index contributed by atoms with van der Waals surface area (Å²) < 4.78 is 5.35. The number of benzene rings is 2. The summed E-state index contributed by atoms with van der Waals surface area (Å²) in [5.74, 6) is -0.730. The van der Waals surface area contributed by atoms with Crippen molar-refractivity contribution in [2.75, 3.05) is 36.5 Å². The lowest BCUT2D eigenvalue weighted by Gasteiger charge is -2.30. The van der Waals surface area contributed by atoms with Gasteiger partial charge in [0.2, 0.25) is 0 Å². The Balaban J connectivity index is 1.99. The van der Waals surface area contributed by atoms with Gasteiger partial charge in [0, 0.05) is 36.5 Å². The number of nitrogens with one attached hydrogen (secondary N) is 1. The number of carbonyl (C=O) groups is 1. The minimum atomic E-state index is -0.730. The van der Waals surface area contributed by atoms with Gasteiger partial charge in [-0.15, -0.1) is 0 Å². The molecule has 0 spiro atoms. The van der Waals surface area contributed by atoms with Gasteiger partial charge in [0.25, 0.3) is 11.6 Å². The Kier molecular flexibility index (Phi) is 6.90. The number of nitrogens with zero attached hydrogens (tertiary/aromatic N) is 3. The molecule has 1 saturated heterocycles. The quantitative estimate of drug-likeness (QED) is 0.317. The van der Waals surface area contributed by atoms with E-state index < -0.39 is 10.8 Å². The molecule has 1 amide bonds. The number of para-hydroxylation sites is 1. The van der Waals surface area contributed by atoms with Crippen LogP contribution in [0.5, 0.6) is 0 Å². The monoisotopic (exact) mass is 446 g/mol. The summed E-state index contributed by atoms with van der Waals surface area (Å²) in [7, 11) is 0. The van der Waals surface area contributed by atoms with Crippen LogP contribution in [0.25, 0.3) is 6.08 Å². The van der Waals surface area contributed by atoms with E-state index in [1.807, 2.05) is 11.0 Å². The Morgan fingerprint density at radius 2 is 1.90 bits per heavy atom. The van der Waals surface area contributed by atoms with Crippen molar-refractivity contribution in [3.63, 3.8) is 0 Å². The molecule has 8 nitrogen and oxygen atoms in total. The Hall–Kier alpha value is -3.12. The molecular formula is C20H16Cl2N4O4. The minimum Gasteiger partial charge on any atom is -0.378 e. The van der Waals surface area contributed by atoms with Crippen molar-refractivity contribution in [1.29, 1.82) is 5.26 Å². The van der Waals surface area contributed by atoms with E-state index in [1.54, 1.807) is 24.3 Å². The highest BCUT2D eigenvalue weighted by atomic mass is 35.5. The summed E-state index contributed by atoms with van der Waals surface area (Å²) in [6.07, 6.45) is 1.32. The number of nitro groups is 1. The van der Waals surface area contributed by atoms with E-state index in [9.17, 15) is 20.2 Å². The fourth-order valence-corrected chi connectivity index (χ4v) is 3.46. The average molecular weight is 447 g/mol. The second kappa shape index (κ2) is 9.59. The number of non-ortho nitro benzene ring substituents is 1. The lowest BCUT2D eigenvalue weighted by atomic mass is 10.1. The van der Waals surface area contributed by atoms with Gasteiger partial charge in [0.1, 0.15) is 11.6 Å². The zero-order valence-electron chi connectivity index (χ0n) is 15.6. The van der Waals surface area contributed by atoms with Gasteiger partial charge in [0.15, 0.2) is 0 Å². The number of nitro benzene ring substituents is 1. The minimum absolute atomic E-state index is 0.148. The molecule has 30 heavy (non-hydrogen) atoms. The first-order chi connectivity index (χ1) is 14.4. The van der Waals surface area contributed by atoms with Gasteiger partial charge in [-0.2, -0.15) is 5.26 Å². The molecule has 1 aliphatic heterocycles. The summed E-state index contributed by atoms with van der Waals surface area (Å²) in [5, 5.41) is 23.7. The molecule has 10 heteroatoms. The number of hydrogen-bond acceptors (Lipinski definition) is 6. The maximum Gasteiger partial charge on any atom is 0.270 e. The van der Waals surface area contributed by atoms with Gasteiger partial charge in [-0.05, 0) is 24.3 Å². The number of halogens is 2. The SMILES string of the molecule is N#CC(=Cc1cc([N+](=O)[O-])ccc1N1CCOCC1)C(=O)Nc1c(Cl)cccc1Cl. The lowest BCUT2D eigenvalue weighted by molar-refractivity contribution is -0.384. The van der Waals surface area contributed by atoms with Crippen LogP contribution >= 0.6 is 23.2 Å². The Labute approximate surface area is 182 Å². The van der Waals surface area contributed by atoms with Crippen LogP contribution in [0.3, 0.4) is 0 Å². The molecule has 0 unspecified atom stereocenters. The number of morpholine rings is 1. The highest BCUT2D eigenvalue weighted by Gasteiger charge is 2.20. The second-order valence-electron chi connectivity index (χ2n) is 6.32. The number of hydrogen-bond donors (Lipinski definition) is 1. The Morgan fingerprint density at radius 3 is 2.50 bits per heavy atom. The van der Waals surface area contributed by atoms with Crippen LogP contribution in [0.2, 0.25) is 10.0 Å². The van der Waals surface area contributed by atoms with E-state index in [0.29, 0.717) is 37.6 Å². The van der Waals surface area contributed by atoms with Crippen molar-refractivity contribution in [3.8, 4) is 6.07 Å². The summed E-state index contributed by atoms with van der Waals surface area (Å²) in [6.45, 7) is 2.19. The predicted octanol–water partition coefficient (Wildman–Crippen LogP) is 4.28. The van der Waals surface area contributed by atoms with E-state index in [1.165, 1.54) is 18.2 Å². The lowest BCUT2D eigenvalue weighted by Crippen LogP contribution is -2.36. The van der Waals surface area contributed by atoms with Crippen LogP contribution in [0, 0.1) is 21.4 Å². The Morgan fingerprint density at radius 1 is 1.23 bits per heavy atom. The number of rotatable bonds is 5. The summed E-state index contributed by atoms with van der Waals surface area (Å²) >= 11 is 12.1. The largest absolute Gasteiger partial charge is 0.378 e. The number of anilines is 2. The van der Waals surface area contributed by atoms with Crippen molar-refractivity contribution in [3.05, 3.63) is 67.7 Å². The first-order valence-electron chi connectivity index (χ1n) is 8.89. The third kappa shape index (κ3) is 4.89. The highest BCUT2D eigenvalue weighted by molar-refractivity contribution is 6.40. The summed E-state index contributed by atoms with van der Waals surface area (Å²) in [6, 6.07) is 10.9. The van der Waals surface area contributed by atoms with E-state index in [4.69, 9.17) is 27.9 Å². The molecule has 154 valence electrons. The highest BCUT2D eigenvalue weighted by Crippen LogP contribution is 2.31. The molecule has 1 fully saturated rings. The molecular weight excluding hydrogens is 431 g/mol. The van der Waals surface area contributed by atoms with E-state index in [2.05, 4.69) is 5.32 Å². The first-order valence-corrected chi connectivity index (χ1v) is 9.64. The molecule has 0 radical (unpaired) electrons. The molecule has 0 aromatic heterocycles. The standard InChI is InChI=1S/C20H16Cl2N4O4/c21-16-2-1-3-17(22)19(16)24-20(27)14(12-23)10-13-11-15(26(28)29)4-5-18(13)25-6-8-30-9-7-25/h1-5,10-11H,6-9H2,(H,24,27). The smallest absolute Gasteiger partial charge is 0.270 e. The maximum absolute atomic E-state index is 12.7. The third-order valence-electron chi connectivity index (χ3n) is 4.44. The second-order valence-corrected chi connectivity index (χ2v) is 7.13. The van der Waals surface area contributed by atoms with Crippen LogP contribution in [0.1, 0.15) is 5.56 Å². The maximum atomic E-state index is 12.7. The van der Waals surface area contributed by atoms with Crippen LogP contribution < -0.4 is 10.2 Å². The number of amides is 1. The van der Waals surface area contributed by atoms with Crippen LogP contribution in [0.15, 0.2) is 42.0 Å². The van der Waals surface area contributed by atoms with Gasteiger partial charge in [0.05, 0.1) is 33.9 Å². The number of nitriles is 1. The predicted molar refractivity (Wildman–Crippen MR) is 115 cm³/mol. The number of ether oxygens (including phenoxy) is 1. The van der Waals surface area contributed by atoms with Crippen molar-refractivity contribution in [2.45, 2.75) is 0 Å². The fourth-order valence-electron chi connectivity index (χ4n) is 2.97. The molecule has 0 saturated carbocycles. The van der Waals surface area contributed by atoms with Crippen molar-refractivity contribution < 1.29 is 14.5 Å². The average Bonchev–Trinajstić information content (AvgIpc) is 2.75. The van der Waals surface area contributed by atoms with Gasteiger partial charge in [-0.1, -0.05) is 29.3 Å². The molecule has 0 bridgehead atoms. The molecule has 1 aliphatic rings. The van der Waals surface area contributed by atoms with Crippen LogP contribution in [-0.2, 0) is 9.53 Å². The molecule has 1 heterocycles. The molecule has 3 rings (SSSR count). The topological polar surface area (TPSA) is 108 Å².